The highest BCUT2D eigenvalue weighted by Gasteiger charge is 2.40. The molecule has 2 aromatic rings. The molecular weight excluding hydrogens is 238 g/mol. The average molecular weight is 255 g/mol. The Hall–Kier alpha value is -1.68. The largest absolute Gasteiger partial charge is 0.465 e. The molecule has 0 aliphatic carbocycles. The van der Waals surface area contributed by atoms with Gasteiger partial charge in [-0.1, -0.05) is 0 Å². The lowest BCUT2D eigenvalue weighted by Crippen LogP contribution is -2.37. The zero-order valence-corrected chi connectivity index (χ0v) is 11.0. The van der Waals surface area contributed by atoms with Crippen molar-refractivity contribution in [3.05, 3.63) is 47.4 Å². The first kappa shape index (κ1) is 11.2. The minimum Gasteiger partial charge on any atom is -0.465 e. The number of furan rings is 1. The summed E-state index contributed by atoms with van der Waals surface area (Å²) in [6.45, 7) is 2.90. The van der Waals surface area contributed by atoms with Crippen LogP contribution < -0.4 is 0 Å². The molecule has 19 heavy (non-hydrogen) atoms. The van der Waals surface area contributed by atoms with Gasteiger partial charge in [0.25, 0.3) is 0 Å². The molecule has 0 saturated carbocycles. The Morgan fingerprint density at radius 3 is 3.16 bits per heavy atom. The van der Waals surface area contributed by atoms with E-state index in [4.69, 9.17) is 4.42 Å². The van der Waals surface area contributed by atoms with Crippen molar-refractivity contribution < 1.29 is 4.42 Å². The first-order chi connectivity index (χ1) is 9.31. The van der Waals surface area contributed by atoms with Crippen molar-refractivity contribution in [2.75, 3.05) is 0 Å². The molecule has 2 unspecified atom stereocenters. The lowest BCUT2D eigenvalue weighted by Gasteiger charge is -2.34. The van der Waals surface area contributed by atoms with E-state index in [0.717, 1.165) is 24.5 Å². The normalized spacial score (nSPS) is 25.5. The summed E-state index contributed by atoms with van der Waals surface area (Å²) in [7, 11) is 0. The Bertz CT molecular complexity index is 607. The Kier molecular flexibility index (Phi) is 2.45. The quantitative estimate of drug-likeness (QED) is 0.827. The van der Waals surface area contributed by atoms with Crippen LogP contribution in [0, 0.1) is 6.92 Å². The molecule has 1 fully saturated rings. The monoisotopic (exact) mass is 255 g/mol. The predicted molar refractivity (Wildman–Crippen MR) is 70.5 cm³/mol. The molecule has 4 nitrogen and oxygen atoms in total. The van der Waals surface area contributed by atoms with Gasteiger partial charge < -0.3 is 4.42 Å². The Morgan fingerprint density at radius 2 is 2.32 bits per heavy atom. The number of rotatable bonds is 2. The maximum Gasteiger partial charge on any atom is 0.118 e. The van der Waals surface area contributed by atoms with Crippen LogP contribution in [0.2, 0.25) is 0 Å². The van der Waals surface area contributed by atoms with Gasteiger partial charge in [-0.2, -0.15) is 0 Å². The lowest BCUT2D eigenvalue weighted by atomic mass is 9.99. The number of aryl methyl sites for hydroxylation is 1. The molecule has 2 aliphatic rings. The summed E-state index contributed by atoms with van der Waals surface area (Å²) in [6, 6.07) is 5.21. The van der Waals surface area contributed by atoms with E-state index in [0.29, 0.717) is 12.1 Å². The van der Waals surface area contributed by atoms with Crippen LogP contribution in [-0.4, -0.2) is 20.9 Å². The standard InChI is InChI=1S/C15H17N3O/c1-10-2-4-12(19-10)8-18-11-3-5-15(18)13-7-16-9-17-14(13)6-11/h2,4,7,9,11,15H,3,5-6,8H2,1H3. The van der Waals surface area contributed by atoms with Gasteiger partial charge in [-0.15, -0.1) is 0 Å². The van der Waals surface area contributed by atoms with Crippen LogP contribution in [-0.2, 0) is 13.0 Å². The molecule has 2 aliphatic heterocycles. The molecular formula is C15H17N3O. The fourth-order valence-corrected chi connectivity index (χ4v) is 3.52. The van der Waals surface area contributed by atoms with Crippen molar-refractivity contribution in [1.29, 1.82) is 0 Å². The van der Waals surface area contributed by atoms with Crippen molar-refractivity contribution in [1.82, 2.24) is 14.9 Å². The minimum absolute atomic E-state index is 0.473. The molecule has 0 amide bonds. The second-order valence-electron chi connectivity index (χ2n) is 5.56. The van der Waals surface area contributed by atoms with Gasteiger partial charge in [0.1, 0.15) is 17.8 Å². The van der Waals surface area contributed by atoms with Gasteiger partial charge in [-0.05, 0) is 31.9 Å². The fourth-order valence-electron chi connectivity index (χ4n) is 3.52. The van der Waals surface area contributed by atoms with Gasteiger partial charge in [-0.3, -0.25) is 4.90 Å². The fraction of sp³-hybridized carbons (Fsp3) is 0.467. The van der Waals surface area contributed by atoms with Crippen LogP contribution in [0.1, 0.15) is 41.7 Å². The number of fused-ring (bicyclic) bond motifs is 4. The van der Waals surface area contributed by atoms with Crippen LogP contribution in [0.3, 0.4) is 0 Å². The third-order valence-corrected chi connectivity index (χ3v) is 4.39. The molecule has 0 spiro atoms. The van der Waals surface area contributed by atoms with Gasteiger partial charge >= 0.3 is 0 Å². The van der Waals surface area contributed by atoms with E-state index in [9.17, 15) is 0 Å². The van der Waals surface area contributed by atoms with Gasteiger partial charge in [0.05, 0.1) is 12.2 Å². The van der Waals surface area contributed by atoms with Crippen molar-refractivity contribution in [3.8, 4) is 0 Å². The van der Waals surface area contributed by atoms with Crippen molar-refractivity contribution >= 4 is 0 Å². The number of nitrogens with zero attached hydrogens (tertiary/aromatic N) is 3. The minimum atomic E-state index is 0.473. The first-order valence-electron chi connectivity index (χ1n) is 6.91. The predicted octanol–water partition coefficient (Wildman–Crippen LogP) is 2.64. The number of hydrogen-bond donors (Lipinski definition) is 0. The third-order valence-electron chi connectivity index (χ3n) is 4.39. The second-order valence-corrected chi connectivity index (χ2v) is 5.56. The summed E-state index contributed by atoms with van der Waals surface area (Å²) in [5.41, 5.74) is 2.56. The average Bonchev–Trinajstić information content (AvgIpc) is 2.94. The van der Waals surface area contributed by atoms with Crippen LogP contribution in [0.25, 0.3) is 0 Å². The summed E-state index contributed by atoms with van der Waals surface area (Å²) in [5.74, 6) is 2.05. The molecule has 98 valence electrons. The Labute approximate surface area is 112 Å². The molecule has 2 bridgehead atoms. The van der Waals surface area contributed by atoms with E-state index in [1.165, 1.54) is 24.1 Å². The molecule has 4 heterocycles. The number of hydrogen-bond acceptors (Lipinski definition) is 4. The summed E-state index contributed by atoms with van der Waals surface area (Å²) in [6.07, 6.45) is 7.18. The summed E-state index contributed by atoms with van der Waals surface area (Å²) < 4.78 is 5.73. The second kappa shape index (κ2) is 4.17. The topological polar surface area (TPSA) is 42.2 Å². The van der Waals surface area contributed by atoms with Crippen molar-refractivity contribution in [2.45, 2.75) is 44.8 Å². The molecule has 2 aromatic heterocycles. The van der Waals surface area contributed by atoms with Crippen LogP contribution in [0.5, 0.6) is 0 Å². The smallest absolute Gasteiger partial charge is 0.118 e. The molecule has 4 rings (SSSR count). The van der Waals surface area contributed by atoms with Crippen LogP contribution in [0.4, 0.5) is 0 Å². The van der Waals surface area contributed by atoms with Gasteiger partial charge in [0.15, 0.2) is 0 Å². The summed E-state index contributed by atoms with van der Waals surface area (Å²) in [4.78, 5) is 11.2. The van der Waals surface area contributed by atoms with Crippen LogP contribution >= 0.6 is 0 Å². The van der Waals surface area contributed by atoms with Crippen molar-refractivity contribution in [2.24, 2.45) is 0 Å². The maximum absolute atomic E-state index is 5.73. The van der Waals surface area contributed by atoms with E-state index >= 15 is 0 Å². The molecule has 1 saturated heterocycles. The van der Waals surface area contributed by atoms with Crippen molar-refractivity contribution in [3.63, 3.8) is 0 Å². The number of aromatic nitrogens is 2. The zero-order chi connectivity index (χ0) is 12.8. The summed E-state index contributed by atoms with van der Waals surface area (Å²) >= 11 is 0. The van der Waals surface area contributed by atoms with E-state index in [-0.39, 0.29) is 0 Å². The molecule has 0 radical (unpaired) electrons. The lowest BCUT2D eigenvalue weighted by molar-refractivity contribution is 0.153. The third kappa shape index (κ3) is 1.78. The molecule has 0 aromatic carbocycles. The van der Waals surface area contributed by atoms with E-state index in [2.05, 4.69) is 20.9 Å². The SMILES string of the molecule is Cc1ccc(CN2C3CCC2c2cncnc2C3)o1. The molecule has 4 heteroatoms. The van der Waals surface area contributed by atoms with E-state index in [1.807, 2.05) is 19.2 Å². The Balaban J connectivity index is 1.65. The summed E-state index contributed by atoms with van der Waals surface area (Å²) in [5, 5.41) is 0. The first-order valence-corrected chi connectivity index (χ1v) is 6.91. The highest BCUT2D eigenvalue weighted by atomic mass is 16.3. The van der Waals surface area contributed by atoms with E-state index in [1.54, 1.807) is 6.33 Å². The highest BCUT2D eigenvalue weighted by molar-refractivity contribution is 5.27. The molecule has 0 N–H and O–H groups in total. The highest BCUT2D eigenvalue weighted by Crippen LogP contribution is 2.43. The van der Waals surface area contributed by atoms with Gasteiger partial charge in [0.2, 0.25) is 0 Å². The molecule has 2 atom stereocenters. The van der Waals surface area contributed by atoms with Gasteiger partial charge in [-0.25, -0.2) is 9.97 Å². The maximum atomic E-state index is 5.73. The van der Waals surface area contributed by atoms with Gasteiger partial charge in [0, 0.05) is 30.3 Å². The Morgan fingerprint density at radius 1 is 1.37 bits per heavy atom. The van der Waals surface area contributed by atoms with E-state index < -0.39 is 0 Å². The van der Waals surface area contributed by atoms with Crippen LogP contribution in [0.15, 0.2) is 29.1 Å². The zero-order valence-electron chi connectivity index (χ0n) is 11.0.